The summed E-state index contributed by atoms with van der Waals surface area (Å²) >= 11 is 3.53. The third kappa shape index (κ3) is 4.88. The summed E-state index contributed by atoms with van der Waals surface area (Å²) in [6.07, 6.45) is 1.11. The molecule has 0 aliphatic rings. The first kappa shape index (κ1) is 16.6. The van der Waals surface area contributed by atoms with Crippen LogP contribution < -0.4 is 5.73 Å². The summed E-state index contributed by atoms with van der Waals surface area (Å²) in [6.45, 7) is 6.70. The van der Waals surface area contributed by atoms with Gasteiger partial charge in [-0.2, -0.15) is 0 Å². The molecule has 3 nitrogen and oxygen atoms in total. The van der Waals surface area contributed by atoms with E-state index in [1.807, 2.05) is 6.07 Å². The van der Waals surface area contributed by atoms with Crippen LogP contribution in [0.15, 0.2) is 28.7 Å². The van der Waals surface area contributed by atoms with Crippen LogP contribution in [0.2, 0.25) is 0 Å². The van der Waals surface area contributed by atoms with Crippen molar-refractivity contribution in [3.8, 4) is 0 Å². The van der Waals surface area contributed by atoms with E-state index >= 15 is 0 Å². The van der Waals surface area contributed by atoms with E-state index in [0.717, 1.165) is 24.0 Å². The minimum Gasteiger partial charge on any atom is -0.383 e. The number of nitrogens with two attached hydrogens (primary N) is 1. The number of ether oxygens (including phenoxy) is 1. The molecule has 0 heterocycles. The summed E-state index contributed by atoms with van der Waals surface area (Å²) < 4.78 is 6.33. The maximum Gasteiger partial charge on any atom is 0.0590 e. The van der Waals surface area contributed by atoms with Crippen LogP contribution >= 0.6 is 15.9 Å². The SMILES string of the molecule is CCC(C)N(CCOC)C(CN)c1cccc(Br)c1. The van der Waals surface area contributed by atoms with Gasteiger partial charge in [-0.15, -0.1) is 0 Å². The van der Waals surface area contributed by atoms with Gasteiger partial charge in [0, 0.05) is 36.8 Å². The average molecular weight is 329 g/mol. The summed E-state index contributed by atoms with van der Waals surface area (Å²) in [5.74, 6) is 0. The molecule has 0 radical (unpaired) electrons. The Labute approximate surface area is 125 Å². The molecule has 0 spiro atoms. The van der Waals surface area contributed by atoms with E-state index in [4.69, 9.17) is 10.5 Å². The number of hydrogen-bond donors (Lipinski definition) is 1. The van der Waals surface area contributed by atoms with Crippen molar-refractivity contribution < 1.29 is 4.74 Å². The fraction of sp³-hybridized carbons (Fsp3) is 0.600. The van der Waals surface area contributed by atoms with Gasteiger partial charge in [-0.3, -0.25) is 4.90 Å². The van der Waals surface area contributed by atoms with Crippen molar-refractivity contribution in [2.24, 2.45) is 5.73 Å². The molecule has 1 rings (SSSR count). The largest absolute Gasteiger partial charge is 0.383 e. The molecule has 1 aromatic rings. The predicted molar refractivity (Wildman–Crippen MR) is 84.3 cm³/mol. The fourth-order valence-electron chi connectivity index (χ4n) is 2.29. The number of rotatable bonds is 8. The lowest BCUT2D eigenvalue weighted by Crippen LogP contribution is -2.41. The Hall–Kier alpha value is -0.420. The summed E-state index contributed by atoms with van der Waals surface area (Å²) in [6, 6.07) is 9.13. The topological polar surface area (TPSA) is 38.5 Å². The van der Waals surface area contributed by atoms with Crippen LogP contribution in [0.4, 0.5) is 0 Å². The Morgan fingerprint density at radius 2 is 2.16 bits per heavy atom. The van der Waals surface area contributed by atoms with E-state index in [2.05, 4.69) is 52.9 Å². The van der Waals surface area contributed by atoms with Gasteiger partial charge in [0.1, 0.15) is 0 Å². The van der Waals surface area contributed by atoms with Gasteiger partial charge >= 0.3 is 0 Å². The first-order valence-corrected chi connectivity index (χ1v) is 7.63. The van der Waals surface area contributed by atoms with Gasteiger partial charge in [-0.1, -0.05) is 35.0 Å². The van der Waals surface area contributed by atoms with Gasteiger partial charge in [-0.25, -0.2) is 0 Å². The highest BCUT2D eigenvalue weighted by atomic mass is 79.9. The smallest absolute Gasteiger partial charge is 0.0590 e. The maximum atomic E-state index is 6.02. The minimum atomic E-state index is 0.239. The van der Waals surface area contributed by atoms with Gasteiger partial charge in [0.25, 0.3) is 0 Å². The van der Waals surface area contributed by atoms with E-state index < -0.39 is 0 Å². The summed E-state index contributed by atoms with van der Waals surface area (Å²) in [5.41, 5.74) is 7.28. The van der Waals surface area contributed by atoms with Crippen molar-refractivity contribution in [3.05, 3.63) is 34.3 Å². The molecule has 0 aliphatic carbocycles. The second-order valence-corrected chi connectivity index (χ2v) is 5.71. The molecule has 0 aliphatic heterocycles. The second-order valence-electron chi connectivity index (χ2n) is 4.79. The third-order valence-electron chi connectivity index (χ3n) is 3.57. The van der Waals surface area contributed by atoms with Crippen molar-refractivity contribution >= 4 is 15.9 Å². The van der Waals surface area contributed by atoms with Crippen LogP contribution in [0.1, 0.15) is 31.9 Å². The second kappa shape index (κ2) is 8.69. The first-order chi connectivity index (χ1) is 9.13. The number of methoxy groups -OCH3 is 1. The molecular formula is C15H25BrN2O. The molecule has 0 saturated heterocycles. The van der Waals surface area contributed by atoms with Crippen molar-refractivity contribution in [2.75, 3.05) is 26.8 Å². The molecule has 1 aromatic carbocycles. The zero-order valence-corrected chi connectivity index (χ0v) is 13.7. The summed E-state index contributed by atoms with van der Waals surface area (Å²) in [4.78, 5) is 2.44. The predicted octanol–water partition coefficient (Wildman–Crippen LogP) is 3.20. The molecule has 4 heteroatoms. The van der Waals surface area contributed by atoms with Crippen molar-refractivity contribution in [2.45, 2.75) is 32.4 Å². The lowest BCUT2D eigenvalue weighted by atomic mass is 10.0. The van der Waals surface area contributed by atoms with Gasteiger partial charge < -0.3 is 10.5 Å². The van der Waals surface area contributed by atoms with Gasteiger partial charge in [0.05, 0.1) is 6.61 Å². The molecule has 0 fully saturated rings. The Morgan fingerprint density at radius 1 is 1.42 bits per heavy atom. The number of hydrogen-bond acceptors (Lipinski definition) is 3. The van der Waals surface area contributed by atoms with E-state index in [-0.39, 0.29) is 6.04 Å². The van der Waals surface area contributed by atoms with Crippen LogP contribution in [0.5, 0.6) is 0 Å². The summed E-state index contributed by atoms with van der Waals surface area (Å²) in [7, 11) is 1.74. The lowest BCUT2D eigenvalue weighted by Gasteiger charge is -2.35. The van der Waals surface area contributed by atoms with Crippen LogP contribution in [0.25, 0.3) is 0 Å². The van der Waals surface area contributed by atoms with Gasteiger partial charge in [0.2, 0.25) is 0 Å². The standard InChI is InChI=1S/C15H25BrN2O/c1-4-12(2)18(8-9-19-3)15(11-17)13-6-5-7-14(16)10-13/h5-7,10,12,15H,4,8-9,11,17H2,1-3H3. The molecule has 0 bridgehead atoms. The van der Waals surface area contributed by atoms with Crippen LogP contribution in [0.3, 0.4) is 0 Å². The Morgan fingerprint density at radius 3 is 2.68 bits per heavy atom. The number of benzene rings is 1. The monoisotopic (exact) mass is 328 g/mol. The minimum absolute atomic E-state index is 0.239. The van der Waals surface area contributed by atoms with Crippen LogP contribution in [0, 0.1) is 0 Å². The number of halogens is 1. The zero-order chi connectivity index (χ0) is 14.3. The Kier molecular flexibility index (Phi) is 7.61. The van der Waals surface area contributed by atoms with Crippen LogP contribution in [-0.2, 0) is 4.74 Å². The van der Waals surface area contributed by atoms with E-state index in [1.54, 1.807) is 7.11 Å². The molecule has 0 aromatic heterocycles. The average Bonchev–Trinajstić information content (AvgIpc) is 2.42. The molecule has 2 atom stereocenters. The molecule has 108 valence electrons. The molecule has 2 N–H and O–H groups in total. The van der Waals surface area contributed by atoms with E-state index in [0.29, 0.717) is 12.6 Å². The quantitative estimate of drug-likeness (QED) is 0.796. The summed E-state index contributed by atoms with van der Waals surface area (Å²) in [5, 5.41) is 0. The highest BCUT2D eigenvalue weighted by Gasteiger charge is 2.22. The van der Waals surface area contributed by atoms with Crippen LogP contribution in [-0.4, -0.2) is 37.7 Å². The molecule has 19 heavy (non-hydrogen) atoms. The molecular weight excluding hydrogens is 304 g/mol. The fourth-order valence-corrected chi connectivity index (χ4v) is 2.71. The van der Waals surface area contributed by atoms with Gasteiger partial charge in [-0.05, 0) is 31.0 Å². The Bertz CT molecular complexity index is 373. The lowest BCUT2D eigenvalue weighted by molar-refractivity contribution is 0.0902. The maximum absolute atomic E-state index is 6.02. The Balaban J connectivity index is 2.94. The zero-order valence-electron chi connectivity index (χ0n) is 12.1. The highest BCUT2D eigenvalue weighted by Crippen LogP contribution is 2.25. The normalized spacial score (nSPS) is 14.6. The molecule has 2 unspecified atom stereocenters. The highest BCUT2D eigenvalue weighted by molar-refractivity contribution is 9.10. The third-order valence-corrected chi connectivity index (χ3v) is 4.06. The molecule has 0 saturated carbocycles. The molecule has 0 amide bonds. The van der Waals surface area contributed by atoms with Crippen molar-refractivity contribution in [3.63, 3.8) is 0 Å². The van der Waals surface area contributed by atoms with Gasteiger partial charge in [0.15, 0.2) is 0 Å². The number of nitrogens with zero attached hydrogens (tertiary/aromatic N) is 1. The van der Waals surface area contributed by atoms with Crippen molar-refractivity contribution in [1.29, 1.82) is 0 Å². The van der Waals surface area contributed by atoms with E-state index in [9.17, 15) is 0 Å². The van der Waals surface area contributed by atoms with E-state index in [1.165, 1.54) is 5.56 Å². The van der Waals surface area contributed by atoms with Crippen molar-refractivity contribution in [1.82, 2.24) is 4.90 Å². The first-order valence-electron chi connectivity index (χ1n) is 6.84.